The normalized spacial score (nSPS) is 52.2. The van der Waals surface area contributed by atoms with Crippen molar-refractivity contribution in [3.63, 3.8) is 0 Å². The highest BCUT2D eigenvalue weighted by molar-refractivity contribution is 5.17. The van der Waals surface area contributed by atoms with Gasteiger partial charge in [-0.15, -0.1) is 0 Å². The first-order chi connectivity index (χ1) is 35.7. The van der Waals surface area contributed by atoms with E-state index in [1.165, 1.54) is 0 Å². The van der Waals surface area contributed by atoms with E-state index in [-0.39, 0.29) is 40.4 Å². The number of aliphatic hydroxyl groups excluding tert-OH is 15. The highest BCUT2D eigenvalue weighted by Gasteiger charge is 2.68. The summed E-state index contributed by atoms with van der Waals surface area (Å²) in [5, 5.41) is 161. The third-order valence-corrected chi connectivity index (χ3v) is 20.1. The van der Waals surface area contributed by atoms with Gasteiger partial charge in [0.25, 0.3) is 0 Å². The molecule has 15 N–H and O–H groups in total. The minimum atomic E-state index is -1.81. The van der Waals surface area contributed by atoms with E-state index in [2.05, 4.69) is 33.8 Å². The standard InChI is InChI=1S/C53H90O23/c1-22(2)9-8-14-53(7,76-48-44(68)40(64)37(61)30(73-48)21-69-46-42(66)38(62)34(58)27(18-54)70-46)24-12-15-52(6)23-10-11-31-50(3,4)32(13-16-51(31,5)25(23)17-26(57)33(24)52)74-49-45(41(65)36(60)29(20-56)72-49)75-47-43(67)39(63)35(59)28(19-55)71-47/h9,23-49,54-68H,8,10-21H2,1-7H3. The third kappa shape index (κ3) is 11.0. The molecule has 4 heterocycles. The SMILES string of the molecule is CC(C)=CCCC(C)(OC1OC(COC2OC(CO)C(O)C(O)C2O)C(O)C(O)C1O)C1CCC2(C)C3CCC4C(C)(C)C(OC5OC(CO)C(O)C(O)C5OC5OC(CO)C(O)C(O)C5O)CCC4(C)C3CC(O)C12. The zero-order chi connectivity index (χ0) is 55.7. The van der Waals surface area contributed by atoms with Crippen molar-refractivity contribution in [3.8, 4) is 0 Å². The second-order valence-corrected chi connectivity index (χ2v) is 25.1. The lowest BCUT2D eigenvalue weighted by atomic mass is 9.39. The van der Waals surface area contributed by atoms with Gasteiger partial charge in [0.15, 0.2) is 25.2 Å². The van der Waals surface area contributed by atoms with Crippen molar-refractivity contribution < 1.29 is 114 Å². The van der Waals surface area contributed by atoms with Crippen LogP contribution in [0.15, 0.2) is 11.6 Å². The summed E-state index contributed by atoms with van der Waals surface area (Å²) in [6, 6.07) is 0. The highest BCUT2D eigenvalue weighted by atomic mass is 16.8. The van der Waals surface area contributed by atoms with Crippen LogP contribution in [0.1, 0.15) is 106 Å². The maximum absolute atomic E-state index is 12.7. The van der Waals surface area contributed by atoms with Crippen molar-refractivity contribution in [3.05, 3.63) is 11.6 Å². The Morgan fingerprint density at radius 2 is 1.07 bits per heavy atom. The van der Waals surface area contributed by atoms with Gasteiger partial charge in [0.1, 0.15) is 97.7 Å². The maximum Gasteiger partial charge on any atom is 0.187 e. The third-order valence-electron chi connectivity index (χ3n) is 20.1. The highest BCUT2D eigenvalue weighted by Crippen LogP contribution is 2.71. The Morgan fingerprint density at radius 1 is 0.553 bits per heavy atom. The number of allylic oxidation sites excluding steroid dienone is 2. The van der Waals surface area contributed by atoms with E-state index in [0.717, 1.165) is 24.8 Å². The molecule has 0 aromatic rings. The first-order valence-corrected chi connectivity index (χ1v) is 27.5. The fourth-order valence-corrected chi connectivity index (χ4v) is 15.8. The number of ether oxygens (including phenoxy) is 8. The number of hydrogen-bond acceptors (Lipinski definition) is 23. The van der Waals surface area contributed by atoms with Crippen LogP contribution in [0.5, 0.6) is 0 Å². The van der Waals surface area contributed by atoms with E-state index < -0.39 is 172 Å². The number of aliphatic hydroxyl groups is 15. The maximum atomic E-state index is 12.7. The molecule has 23 nitrogen and oxygen atoms in total. The summed E-state index contributed by atoms with van der Waals surface area (Å²) in [6.07, 6.45) is -24.9. The largest absolute Gasteiger partial charge is 0.394 e. The van der Waals surface area contributed by atoms with E-state index in [9.17, 15) is 76.6 Å². The molecule has 4 saturated heterocycles. The van der Waals surface area contributed by atoms with Gasteiger partial charge in [0.2, 0.25) is 0 Å². The van der Waals surface area contributed by atoms with Crippen LogP contribution in [0.2, 0.25) is 0 Å². The van der Waals surface area contributed by atoms with Gasteiger partial charge in [-0.25, -0.2) is 0 Å². The molecule has 4 saturated carbocycles. The van der Waals surface area contributed by atoms with E-state index in [0.29, 0.717) is 38.5 Å². The van der Waals surface area contributed by atoms with Crippen LogP contribution in [0.25, 0.3) is 0 Å². The molecule has 0 aromatic carbocycles. The Balaban J connectivity index is 0.991. The van der Waals surface area contributed by atoms with Crippen molar-refractivity contribution in [2.75, 3.05) is 26.4 Å². The molecule has 8 fully saturated rings. The molecule has 0 radical (unpaired) electrons. The molecule has 8 rings (SSSR count). The molecule has 4 aliphatic heterocycles. The summed E-state index contributed by atoms with van der Waals surface area (Å²) < 4.78 is 48.8. The van der Waals surface area contributed by atoms with Gasteiger partial charge in [-0.05, 0) is 124 Å². The topological polar surface area (TPSA) is 377 Å². The zero-order valence-corrected chi connectivity index (χ0v) is 44.8. The van der Waals surface area contributed by atoms with Crippen LogP contribution in [-0.2, 0) is 37.9 Å². The van der Waals surface area contributed by atoms with Crippen LogP contribution in [0, 0.1) is 45.8 Å². The van der Waals surface area contributed by atoms with Gasteiger partial charge in [0.05, 0.1) is 44.2 Å². The Hall–Kier alpha value is -1.18. The molecule has 0 amide bonds. The fraction of sp³-hybridized carbons (Fsp3) is 0.962. The molecule has 8 aliphatic rings. The Morgan fingerprint density at radius 3 is 1.66 bits per heavy atom. The fourth-order valence-electron chi connectivity index (χ4n) is 15.8. The Bertz CT molecular complexity index is 1940. The summed E-state index contributed by atoms with van der Waals surface area (Å²) in [5.74, 6) is -0.152. The summed E-state index contributed by atoms with van der Waals surface area (Å²) in [7, 11) is 0. The van der Waals surface area contributed by atoms with Crippen molar-refractivity contribution >= 4 is 0 Å². The van der Waals surface area contributed by atoms with Crippen LogP contribution < -0.4 is 0 Å². The van der Waals surface area contributed by atoms with Crippen molar-refractivity contribution in [2.24, 2.45) is 45.8 Å². The number of rotatable bonds is 16. The van der Waals surface area contributed by atoms with Crippen molar-refractivity contribution in [1.29, 1.82) is 0 Å². The molecule has 30 unspecified atom stereocenters. The molecule has 30 atom stereocenters. The van der Waals surface area contributed by atoms with E-state index in [1.54, 1.807) is 0 Å². The molecule has 76 heavy (non-hydrogen) atoms. The second-order valence-electron chi connectivity index (χ2n) is 25.1. The van der Waals surface area contributed by atoms with Crippen LogP contribution in [-0.4, -0.2) is 244 Å². The molecule has 0 spiro atoms. The van der Waals surface area contributed by atoms with Gasteiger partial charge < -0.3 is 114 Å². The van der Waals surface area contributed by atoms with Gasteiger partial charge in [-0.2, -0.15) is 0 Å². The lowest BCUT2D eigenvalue weighted by Gasteiger charge is -2.66. The van der Waals surface area contributed by atoms with Gasteiger partial charge >= 0.3 is 0 Å². The van der Waals surface area contributed by atoms with Gasteiger partial charge in [-0.1, -0.05) is 39.3 Å². The van der Waals surface area contributed by atoms with Crippen LogP contribution >= 0.6 is 0 Å². The lowest BCUT2D eigenvalue weighted by molar-refractivity contribution is -0.378. The molecular formula is C53H90O23. The first-order valence-electron chi connectivity index (χ1n) is 27.5. The first kappa shape index (κ1) is 60.9. The van der Waals surface area contributed by atoms with Crippen molar-refractivity contribution in [2.45, 2.75) is 247 Å². The summed E-state index contributed by atoms with van der Waals surface area (Å²) in [5.41, 5.74) is -1.16. The predicted octanol–water partition coefficient (Wildman–Crippen LogP) is -2.59. The van der Waals surface area contributed by atoms with E-state index in [4.69, 9.17) is 37.9 Å². The lowest BCUT2D eigenvalue weighted by Crippen LogP contribution is -2.66. The number of hydrogen-bond donors (Lipinski definition) is 15. The van der Waals surface area contributed by atoms with E-state index >= 15 is 0 Å². The average molecular weight is 1100 g/mol. The summed E-state index contributed by atoms with van der Waals surface area (Å²) in [4.78, 5) is 0. The number of fused-ring (bicyclic) bond motifs is 5. The monoisotopic (exact) mass is 1090 g/mol. The minimum absolute atomic E-state index is 0.0594. The van der Waals surface area contributed by atoms with Gasteiger partial charge in [0, 0.05) is 0 Å². The molecule has 440 valence electrons. The average Bonchev–Trinajstić information content (AvgIpc) is 3.96. The molecule has 4 aliphatic carbocycles. The predicted molar refractivity (Wildman–Crippen MR) is 262 cm³/mol. The smallest absolute Gasteiger partial charge is 0.187 e. The quantitative estimate of drug-likeness (QED) is 0.0557. The molecule has 0 bridgehead atoms. The van der Waals surface area contributed by atoms with Crippen LogP contribution in [0.4, 0.5) is 0 Å². The molecular weight excluding hydrogens is 1000 g/mol. The Kier molecular flexibility index (Phi) is 18.9. The van der Waals surface area contributed by atoms with Gasteiger partial charge in [-0.3, -0.25) is 0 Å². The van der Waals surface area contributed by atoms with Crippen LogP contribution in [0.3, 0.4) is 0 Å². The molecule has 23 heteroatoms. The van der Waals surface area contributed by atoms with E-state index in [1.807, 2.05) is 20.8 Å². The summed E-state index contributed by atoms with van der Waals surface area (Å²) >= 11 is 0. The minimum Gasteiger partial charge on any atom is -0.394 e. The summed E-state index contributed by atoms with van der Waals surface area (Å²) in [6.45, 7) is 12.2. The Labute approximate surface area is 444 Å². The molecule has 0 aromatic heterocycles. The second kappa shape index (κ2) is 23.6. The van der Waals surface area contributed by atoms with Crippen molar-refractivity contribution in [1.82, 2.24) is 0 Å². The zero-order valence-electron chi connectivity index (χ0n) is 44.8.